The average Bonchev–Trinajstić information content (AvgIpc) is 0.811. The number of thiol groups is 1. The van der Waals surface area contributed by atoms with Crippen molar-refractivity contribution >= 4 is 69.3 Å². The monoisotopic (exact) mass is 117 g/mol. The van der Waals surface area contributed by atoms with Crippen molar-refractivity contribution in [2.75, 3.05) is 0 Å². The van der Waals surface area contributed by atoms with Crippen LogP contribution in [0.2, 0.25) is 0 Å². The first-order valence-corrected chi connectivity index (χ1v) is 1.16. The van der Waals surface area contributed by atoms with Crippen molar-refractivity contribution in [2.24, 2.45) is 5.73 Å². The molecule has 0 heterocycles. The van der Waals surface area contributed by atoms with E-state index in [1.54, 1.807) is 0 Å². The average molecular weight is 117 g/mol. The molecule has 0 spiro atoms. The van der Waals surface area contributed by atoms with Crippen molar-refractivity contribution in [3.8, 4) is 0 Å². The summed E-state index contributed by atoms with van der Waals surface area (Å²) in [7, 11) is 0. The molecule has 0 rings (SSSR count). The number of nitrogens with two attached hydrogens (primary N) is 1. The molecule has 0 saturated carbocycles. The third-order valence-electron chi connectivity index (χ3n) is 0. The summed E-state index contributed by atoms with van der Waals surface area (Å²) in [6.45, 7) is 0. The molecule has 0 aliphatic carbocycles. The summed E-state index contributed by atoms with van der Waals surface area (Å²) in [5.41, 5.74) is 4.34. The zero-order chi connectivity index (χ0) is 3.58. The Morgan fingerprint density at radius 3 is 1.80 bits per heavy atom. The predicted octanol–water partition coefficient (Wildman–Crippen LogP) is -0.654. The Morgan fingerprint density at radius 2 is 1.80 bits per heavy atom. The van der Waals surface area contributed by atoms with Crippen LogP contribution >= 0.6 is 12.6 Å². The molecule has 0 aliphatic rings. The molecule has 0 radical (unpaired) electrons. The molecule has 1 amide bonds. The SMILES string of the molecule is NC(=O)S.[KH]. The number of hydrogen-bond donors (Lipinski definition) is 2. The molecule has 0 unspecified atom stereocenters. The third-order valence-corrected chi connectivity index (χ3v) is 0. The van der Waals surface area contributed by atoms with E-state index in [2.05, 4.69) is 18.4 Å². The number of carbonyl (C=O) groups is 1. The quantitative estimate of drug-likeness (QED) is 0.321. The molecule has 4 heteroatoms. The molecule has 2 nitrogen and oxygen atoms in total. The molecule has 0 atom stereocenters. The predicted molar refractivity (Wildman–Crippen MR) is 25.7 cm³/mol. The molecule has 0 aromatic carbocycles. The first kappa shape index (κ1) is 9.68. The van der Waals surface area contributed by atoms with Crippen molar-refractivity contribution in [3.05, 3.63) is 0 Å². The maximum atomic E-state index is 9.09. The first-order chi connectivity index (χ1) is 1.73. The van der Waals surface area contributed by atoms with Crippen LogP contribution in [0, 0.1) is 0 Å². The van der Waals surface area contributed by atoms with Crippen molar-refractivity contribution in [2.45, 2.75) is 0 Å². The van der Waals surface area contributed by atoms with Gasteiger partial charge in [-0.1, -0.05) is 12.6 Å². The van der Waals surface area contributed by atoms with Gasteiger partial charge < -0.3 is 5.73 Å². The second-order valence-electron chi connectivity index (χ2n) is 0.338. The van der Waals surface area contributed by atoms with Crippen LogP contribution in [0.4, 0.5) is 4.79 Å². The van der Waals surface area contributed by atoms with Crippen molar-refractivity contribution in [3.63, 3.8) is 0 Å². The number of primary amides is 1. The Hall–Kier alpha value is 1.46. The van der Waals surface area contributed by atoms with Gasteiger partial charge in [0.2, 0.25) is 0 Å². The van der Waals surface area contributed by atoms with Crippen molar-refractivity contribution < 1.29 is 4.79 Å². The Morgan fingerprint density at radius 1 is 1.80 bits per heavy atom. The summed E-state index contributed by atoms with van der Waals surface area (Å²) >= 11 is 3.10. The maximum absolute atomic E-state index is 9.09. The van der Waals surface area contributed by atoms with E-state index in [1.807, 2.05) is 0 Å². The summed E-state index contributed by atoms with van der Waals surface area (Å²) in [4.78, 5) is 9.09. The molecule has 0 aliphatic heterocycles. The molecular formula is CH4KNOS. The second kappa shape index (κ2) is 5.46. The van der Waals surface area contributed by atoms with Gasteiger partial charge in [0.15, 0.2) is 0 Å². The van der Waals surface area contributed by atoms with E-state index in [4.69, 9.17) is 4.79 Å². The van der Waals surface area contributed by atoms with E-state index in [1.165, 1.54) is 0 Å². The standard InChI is InChI=1S/CH3NOS.K.H/c2-1(3)4;;/h(H3,2,3,4);;. The molecule has 0 bridgehead atoms. The van der Waals surface area contributed by atoms with Gasteiger partial charge in [0.25, 0.3) is 5.24 Å². The number of carbonyl (C=O) groups excluding carboxylic acids is 1. The Bertz CT molecular complexity index is 34.6. The fourth-order valence-electron chi connectivity index (χ4n) is 0. The topological polar surface area (TPSA) is 43.1 Å². The normalized spacial score (nSPS) is 5.00. The molecule has 0 aromatic heterocycles. The van der Waals surface area contributed by atoms with E-state index in [-0.39, 0.29) is 51.4 Å². The van der Waals surface area contributed by atoms with Gasteiger partial charge in [-0.2, -0.15) is 0 Å². The Kier molecular flexibility index (Phi) is 10.6. The second-order valence-corrected chi connectivity index (χ2v) is 0.779. The number of amides is 1. The molecular weight excluding hydrogens is 113 g/mol. The van der Waals surface area contributed by atoms with Crippen LogP contribution < -0.4 is 5.73 Å². The zero-order valence-electron chi connectivity index (χ0n) is 1.93. The summed E-state index contributed by atoms with van der Waals surface area (Å²) in [6.07, 6.45) is 0. The first-order valence-electron chi connectivity index (χ1n) is 0.716. The van der Waals surface area contributed by atoms with E-state index >= 15 is 0 Å². The number of rotatable bonds is 0. The van der Waals surface area contributed by atoms with Crippen LogP contribution in [0.3, 0.4) is 0 Å². The molecule has 26 valence electrons. The van der Waals surface area contributed by atoms with Gasteiger partial charge in [0.1, 0.15) is 0 Å². The van der Waals surface area contributed by atoms with Crippen LogP contribution in [-0.4, -0.2) is 56.6 Å². The van der Waals surface area contributed by atoms with Gasteiger partial charge in [-0.25, -0.2) is 0 Å². The molecule has 2 N–H and O–H groups in total. The fourth-order valence-corrected chi connectivity index (χ4v) is 0. The van der Waals surface area contributed by atoms with Crippen LogP contribution in [0.5, 0.6) is 0 Å². The van der Waals surface area contributed by atoms with Crippen molar-refractivity contribution in [1.29, 1.82) is 0 Å². The number of hydrogen-bond acceptors (Lipinski definition) is 1. The van der Waals surface area contributed by atoms with Gasteiger partial charge in [-0.05, 0) is 0 Å². The third kappa shape index (κ3) is 30.7. The molecule has 0 saturated heterocycles. The molecule has 0 aromatic rings. The van der Waals surface area contributed by atoms with Crippen LogP contribution in [0.1, 0.15) is 0 Å². The van der Waals surface area contributed by atoms with E-state index < -0.39 is 5.24 Å². The minimum atomic E-state index is -0.639. The van der Waals surface area contributed by atoms with E-state index in [0.717, 1.165) is 0 Å². The summed E-state index contributed by atoms with van der Waals surface area (Å²) in [5, 5.41) is -0.639. The van der Waals surface area contributed by atoms with Crippen LogP contribution in [-0.2, 0) is 0 Å². The van der Waals surface area contributed by atoms with Gasteiger partial charge in [-0.3, -0.25) is 4.79 Å². The van der Waals surface area contributed by atoms with Gasteiger partial charge in [-0.15, -0.1) is 0 Å². The minimum absolute atomic E-state index is 0. The Balaban J connectivity index is 0. The van der Waals surface area contributed by atoms with Gasteiger partial charge in [0, 0.05) is 0 Å². The zero-order valence-corrected chi connectivity index (χ0v) is 2.83. The van der Waals surface area contributed by atoms with Crippen molar-refractivity contribution in [1.82, 2.24) is 0 Å². The van der Waals surface area contributed by atoms with E-state index in [9.17, 15) is 0 Å². The molecule has 5 heavy (non-hydrogen) atoms. The fraction of sp³-hybridized carbons (Fsp3) is 0. The van der Waals surface area contributed by atoms with Gasteiger partial charge in [0.05, 0.1) is 0 Å². The summed E-state index contributed by atoms with van der Waals surface area (Å²) in [5.74, 6) is 0. The van der Waals surface area contributed by atoms with Crippen LogP contribution in [0.15, 0.2) is 0 Å². The summed E-state index contributed by atoms with van der Waals surface area (Å²) in [6, 6.07) is 0. The Labute approximate surface area is 78.3 Å². The summed E-state index contributed by atoms with van der Waals surface area (Å²) < 4.78 is 0. The molecule has 0 fully saturated rings. The van der Waals surface area contributed by atoms with E-state index in [0.29, 0.717) is 0 Å². The van der Waals surface area contributed by atoms with Gasteiger partial charge >= 0.3 is 51.4 Å². The van der Waals surface area contributed by atoms with Crippen LogP contribution in [0.25, 0.3) is 0 Å².